The summed E-state index contributed by atoms with van der Waals surface area (Å²) in [5.74, 6) is 1.72. The minimum atomic E-state index is 0.143. The van der Waals surface area contributed by atoms with E-state index in [0.29, 0.717) is 5.41 Å². The lowest BCUT2D eigenvalue weighted by molar-refractivity contribution is -0.0627. The maximum Gasteiger partial charge on any atom is 0.0651 e. The maximum absolute atomic E-state index is 5.67. The molecule has 0 spiro atoms. The molecule has 0 aromatic heterocycles. The van der Waals surface area contributed by atoms with E-state index in [1.807, 2.05) is 7.11 Å². The summed E-state index contributed by atoms with van der Waals surface area (Å²) >= 11 is 0. The Morgan fingerprint density at radius 2 is 1.72 bits per heavy atom. The summed E-state index contributed by atoms with van der Waals surface area (Å²) in [5.41, 5.74) is 0.676. The smallest absolute Gasteiger partial charge is 0.0651 e. The number of hydrogen-bond donors (Lipinski definition) is 0. The molecular weight excluding hydrogens is 239 g/mol. The zero-order valence-corrected chi connectivity index (χ0v) is 14.2. The molecule has 3 unspecified atom stereocenters. The third-order valence-electron chi connectivity index (χ3n) is 5.73. The number of methoxy groups -OCH3 is 1. The third-order valence-corrected chi connectivity index (χ3v) is 6.40. The van der Waals surface area contributed by atoms with Crippen LogP contribution in [0.3, 0.4) is 0 Å². The first-order valence-corrected chi connectivity index (χ1v) is 8.46. The molecule has 108 valence electrons. The fourth-order valence-corrected chi connectivity index (χ4v) is 3.79. The Bertz CT molecular complexity index is 239. The van der Waals surface area contributed by atoms with Crippen LogP contribution >= 0.6 is 9.24 Å². The van der Waals surface area contributed by atoms with Crippen molar-refractivity contribution in [3.05, 3.63) is 0 Å². The molecule has 1 aliphatic carbocycles. The van der Waals surface area contributed by atoms with Gasteiger partial charge in [0.15, 0.2) is 0 Å². The van der Waals surface area contributed by atoms with Gasteiger partial charge in [0.1, 0.15) is 0 Å². The number of hydrogen-bond acceptors (Lipinski definition) is 1. The zero-order valence-electron chi connectivity index (χ0n) is 13.1. The minimum absolute atomic E-state index is 0.143. The average Bonchev–Trinajstić information content (AvgIpc) is 2.39. The quantitative estimate of drug-likeness (QED) is 0.625. The first kappa shape index (κ1) is 16.4. The van der Waals surface area contributed by atoms with E-state index in [-0.39, 0.29) is 5.60 Å². The Morgan fingerprint density at radius 3 is 2.11 bits per heavy atom. The van der Waals surface area contributed by atoms with Gasteiger partial charge in [-0.05, 0) is 62.4 Å². The van der Waals surface area contributed by atoms with Gasteiger partial charge in [-0.25, -0.2) is 0 Å². The largest absolute Gasteiger partial charge is 0.379 e. The van der Waals surface area contributed by atoms with E-state index in [4.69, 9.17) is 4.74 Å². The molecule has 0 aliphatic heterocycles. The predicted molar refractivity (Wildman–Crippen MR) is 84.1 cm³/mol. The summed E-state index contributed by atoms with van der Waals surface area (Å²) < 4.78 is 5.67. The standard InChI is InChI=1S/C16H33OP/c1-6-14(12-18)11-13(2)15(3)7-9-16(4,17-5)10-8-15/h13-14H,6-12,18H2,1-5H3. The van der Waals surface area contributed by atoms with Crippen LogP contribution in [0, 0.1) is 17.3 Å². The summed E-state index contributed by atoms with van der Waals surface area (Å²) in [6.45, 7) is 9.57. The normalized spacial score (nSPS) is 36.3. The fourth-order valence-electron chi connectivity index (χ4n) is 3.26. The van der Waals surface area contributed by atoms with Crippen LogP contribution in [0.1, 0.15) is 66.2 Å². The lowest BCUT2D eigenvalue weighted by Crippen LogP contribution is -2.40. The second-order valence-corrected chi connectivity index (χ2v) is 7.43. The Hall–Kier alpha value is 0.390. The monoisotopic (exact) mass is 272 g/mol. The summed E-state index contributed by atoms with van der Waals surface area (Å²) in [4.78, 5) is 0. The van der Waals surface area contributed by atoms with Crippen LogP contribution in [-0.4, -0.2) is 18.9 Å². The van der Waals surface area contributed by atoms with Crippen LogP contribution in [0.4, 0.5) is 0 Å². The van der Waals surface area contributed by atoms with Gasteiger partial charge in [-0.1, -0.05) is 27.2 Å². The van der Waals surface area contributed by atoms with Crippen molar-refractivity contribution in [1.29, 1.82) is 0 Å². The van der Waals surface area contributed by atoms with Gasteiger partial charge in [0.25, 0.3) is 0 Å². The van der Waals surface area contributed by atoms with Gasteiger partial charge in [-0.3, -0.25) is 0 Å². The van der Waals surface area contributed by atoms with Gasteiger partial charge < -0.3 is 4.74 Å². The van der Waals surface area contributed by atoms with Crippen molar-refractivity contribution in [2.24, 2.45) is 17.3 Å². The van der Waals surface area contributed by atoms with Crippen LogP contribution in [-0.2, 0) is 4.74 Å². The molecule has 1 nitrogen and oxygen atoms in total. The molecule has 0 radical (unpaired) electrons. The molecular formula is C16H33OP. The van der Waals surface area contributed by atoms with E-state index >= 15 is 0 Å². The molecule has 2 heteroatoms. The summed E-state index contributed by atoms with van der Waals surface area (Å²) in [6.07, 6.45) is 9.06. The van der Waals surface area contributed by atoms with Crippen molar-refractivity contribution >= 4 is 9.24 Å². The van der Waals surface area contributed by atoms with Gasteiger partial charge in [0.2, 0.25) is 0 Å². The number of rotatable bonds is 6. The van der Waals surface area contributed by atoms with E-state index in [1.54, 1.807) is 0 Å². The van der Waals surface area contributed by atoms with Gasteiger partial charge in [0.05, 0.1) is 5.60 Å². The van der Waals surface area contributed by atoms with Crippen LogP contribution in [0.25, 0.3) is 0 Å². The first-order valence-electron chi connectivity index (χ1n) is 7.64. The Labute approximate surface area is 117 Å². The SMILES string of the molecule is CCC(CP)CC(C)C1(C)CCC(C)(OC)CC1. The highest BCUT2D eigenvalue weighted by atomic mass is 31.0. The van der Waals surface area contributed by atoms with Crippen LogP contribution in [0.5, 0.6) is 0 Å². The predicted octanol–water partition coefficient (Wildman–Crippen LogP) is 4.90. The fraction of sp³-hybridized carbons (Fsp3) is 1.00. The number of ether oxygens (including phenoxy) is 1. The van der Waals surface area contributed by atoms with E-state index in [2.05, 4.69) is 36.9 Å². The van der Waals surface area contributed by atoms with E-state index in [9.17, 15) is 0 Å². The van der Waals surface area contributed by atoms with Crippen molar-refractivity contribution < 1.29 is 4.74 Å². The van der Waals surface area contributed by atoms with Crippen molar-refractivity contribution in [2.45, 2.75) is 71.8 Å². The van der Waals surface area contributed by atoms with Gasteiger partial charge in [-0.15, -0.1) is 9.24 Å². The Morgan fingerprint density at radius 1 is 1.17 bits per heavy atom. The van der Waals surface area contributed by atoms with Crippen LogP contribution < -0.4 is 0 Å². The molecule has 0 aromatic rings. The van der Waals surface area contributed by atoms with Crippen LogP contribution in [0.2, 0.25) is 0 Å². The van der Waals surface area contributed by atoms with Crippen molar-refractivity contribution in [2.75, 3.05) is 13.3 Å². The van der Waals surface area contributed by atoms with E-state index in [1.165, 1.54) is 44.7 Å². The van der Waals surface area contributed by atoms with E-state index in [0.717, 1.165) is 11.8 Å². The zero-order chi connectivity index (χ0) is 13.8. The third kappa shape index (κ3) is 3.94. The topological polar surface area (TPSA) is 9.23 Å². The lowest BCUT2D eigenvalue weighted by atomic mass is 9.62. The maximum atomic E-state index is 5.67. The van der Waals surface area contributed by atoms with Crippen molar-refractivity contribution in [3.8, 4) is 0 Å². The first-order chi connectivity index (χ1) is 8.39. The van der Waals surface area contributed by atoms with Crippen molar-refractivity contribution in [1.82, 2.24) is 0 Å². The minimum Gasteiger partial charge on any atom is -0.379 e. The Balaban J connectivity index is 2.55. The molecule has 0 amide bonds. The molecule has 1 rings (SSSR count). The van der Waals surface area contributed by atoms with Gasteiger partial charge in [0, 0.05) is 7.11 Å². The average molecular weight is 272 g/mol. The highest BCUT2D eigenvalue weighted by molar-refractivity contribution is 7.16. The molecule has 3 atom stereocenters. The molecule has 1 fully saturated rings. The molecule has 0 saturated heterocycles. The summed E-state index contributed by atoms with van der Waals surface area (Å²) in [7, 11) is 4.79. The van der Waals surface area contributed by atoms with Gasteiger partial charge in [-0.2, -0.15) is 0 Å². The van der Waals surface area contributed by atoms with Crippen molar-refractivity contribution in [3.63, 3.8) is 0 Å². The van der Waals surface area contributed by atoms with Gasteiger partial charge >= 0.3 is 0 Å². The highest BCUT2D eigenvalue weighted by Crippen LogP contribution is 2.48. The molecule has 1 aliphatic rings. The molecule has 0 aromatic carbocycles. The van der Waals surface area contributed by atoms with E-state index < -0.39 is 0 Å². The molecule has 18 heavy (non-hydrogen) atoms. The lowest BCUT2D eigenvalue weighted by Gasteiger charge is -2.46. The molecule has 0 heterocycles. The summed E-state index contributed by atoms with van der Waals surface area (Å²) in [6, 6.07) is 0. The molecule has 1 saturated carbocycles. The summed E-state index contributed by atoms with van der Waals surface area (Å²) in [5, 5.41) is 0. The second-order valence-electron chi connectivity index (χ2n) is 6.95. The Kier molecular flexibility index (Phi) is 6.13. The van der Waals surface area contributed by atoms with Crippen LogP contribution in [0.15, 0.2) is 0 Å². The second kappa shape index (κ2) is 6.71. The molecule has 0 N–H and O–H groups in total. The molecule has 0 bridgehead atoms. The highest BCUT2D eigenvalue weighted by Gasteiger charge is 2.40.